The number of aromatic nitrogens is 1. The van der Waals surface area contributed by atoms with Crippen molar-refractivity contribution in [2.24, 2.45) is 0 Å². The Morgan fingerprint density at radius 1 is 1.40 bits per heavy atom. The number of hydrogen-bond acceptors (Lipinski definition) is 5. The third-order valence-corrected chi connectivity index (χ3v) is 4.42. The summed E-state index contributed by atoms with van der Waals surface area (Å²) in [5, 5.41) is 12.6. The second-order valence-corrected chi connectivity index (χ2v) is 6.27. The van der Waals surface area contributed by atoms with E-state index in [0.717, 1.165) is 38.2 Å². The van der Waals surface area contributed by atoms with E-state index in [2.05, 4.69) is 27.3 Å². The van der Waals surface area contributed by atoms with Gasteiger partial charge in [-0.05, 0) is 49.2 Å². The van der Waals surface area contributed by atoms with Gasteiger partial charge in [0, 0.05) is 25.3 Å². The molecule has 1 fully saturated rings. The Kier molecular flexibility index (Phi) is 5.50. The molecule has 2 N–H and O–H groups in total. The van der Waals surface area contributed by atoms with Gasteiger partial charge in [-0.15, -0.1) is 0 Å². The molecular weight excluding hydrogens is 318 g/mol. The SMILES string of the molecule is COc1cccc(CN2CCC[C@@H](Nc3ncccc3C(=O)O)C2)c1. The van der Waals surface area contributed by atoms with Crippen LogP contribution < -0.4 is 10.1 Å². The largest absolute Gasteiger partial charge is 0.497 e. The standard InChI is InChI=1S/C19H23N3O3/c1-25-16-7-2-5-14(11-16)12-22-10-4-6-15(13-22)21-18-17(19(23)24)8-3-9-20-18/h2-3,5,7-9,11,15H,4,6,10,12-13H2,1H3,(H,20,21)(H,23,24)/t15-/m1/s1. The number of ether oxygens (including phenoxy) is 1. The number of pyridine rings is 1. The van der Waals surface area contributed by atoms with Gasteiger partial charge in [0.2, 0.25) is 0 Å². The third kappa shape index (κ3) is 4.48. The zero-order valence-corrected chi connectivity index (χ0v) is 14.3. The number of methoxy groups -OCH3 is 1. The molecule has 25 heavy (non-hydrogen) atoms. The van der Waals surface area contributed by atoms with Crippen LogP contribution in [0.25, 0.3) is 0 Å². The number of rotatable bonds is 6. The lowest BCUT2D eigenvalue weighted by Gasteiger charge is -2.33. The first-order chi connectivity index (χ1) is 12.2. The summed E-state index contributed by atoms with van der Waals surface area (Å²) in [7, 11) is 1.67. The van der Waals surface area contributed by atoms with Crippen molar-refractivity contribution in [1.29, 1.82) is 0 Å². The number of nitrogens with one attached hydrogen (secondary N) is 1. The summed E-state index contributed by atoms with van der Waals surface area (Å²) >= 11 is 0. The van der Waals surface area contributed by atoms with E-state index in [4.69, 9.17) is 4.74 Å². The highest BCUT2D eigenvalue weighted by Gasteiger charge is 2.22. The molecule has 0 bridgehead atoms. The van der Waals surface area contributed by atoms with E-state index in [-0.39, 0.29) is 11.6 Å². The lowest BCUT2D eigenvalue weighted by molar-refractivity contribution is 0.0697. The molecule has 0 spiro atoms. The molecule has 2 aromatic rings. The number of aromatic carboxylic acids is 1. The normalized spacial score (nSPS) is 17.9. The monoisotopic (exact) mass is 341 g/mol. The van der Waals surface area contributed by atoms with Crippen LogP contribution in [0.4, 0.5) is 5.82 Å². The van der Waals surface area contributed by atoms with Gasteiger partial charge in [-0.1, -0.05) is 12.1 Å². The van der Waals surface area contributed by atoms with E-state index < -0.39 is 5.97 Å². The smallest absolute Gasteiger partial charge is 0.339 e. The highest BCUT2D eigenvalue weighted by atomic mass is 16.5. The highest BCUT2D eigenvalue weighted by Crippen LogP contribution is 2.20. The number of hydrogen-bond donors (Lipinski definition) is 2. The van der Waals surface area contributed by atoms with Crippen molar-refractivity contribution in [3.8, 4) is 5.75 Å². The summed E-state index contributed by atoms with van der Waals surface area (Å²) < 4.78 is 5.28. The lowest BCUT2D eigenvalue weighted by atomic mass is 10.0. The van der Waals surface area contributed by atoms with Crippen LogP contribution in [0.15, 0.2) is 42.6 Å². The first-order valence-corrected chi connectivity index (χ1v) is 8.46. The summed E-state index contributed by atoms with van der Waals surface area (Å²) in [5.74, 6) is 0.353. The molecule has 6 nitrogen and oxygen atoms in total. The molecular formula is C19H23N3O3. The maximum Gasteiger partial charge on any atom is 0.339 e. The third-order valence-electron chi connectivity index (χ3n) is 4.42. The van der Waals surface area contributed by atoms with Crippen molar-refractivity contribution in [1.82, 2.24) is 9.88 Å². The second kappa shape index (κ2) is 7.98. The van der Waals surface area contributed by atoms with Crippen LogP contribution in [0.1, 0.15) is 28.8 Å². The number of nitrogens with zero attached hydrogens (tertiary/aromatic N) is 2. The van der Waals surface area contributed by atoms with Crippen molar-refractivity contribution >= 4 is 11.8 Å². The molecule has 1 aromatic carbocycles. The Balaban J connectivity index is 1.64. The lowest BCUT2D eigenvalue weighted by Crippen LogP contribution is -2.42. The molecule has 1 aromatic heterocycles. The molecule has 3 rings (SSSR count). The van der Waals surface area contributed by atoms with Crippen molar-refractivity contribution in [3.63, 3.8) is 0 Å². The van der Waals surface area contributed by atoms with Gasteiger partial charge in [0.25, 0.3) is 0 Å². The van der Waals surface area contributed by atoms with E-state index in [1.165, 1.54) is 5.56 Å². The average Bonchev–Trinajstić information content (AvgIpc) is 2.62. The molecule has 1 saturated heterocycles. The fourth-order valence-electron chi connectivity index (χ4n) is 3.23. The minimum atomic E-state index is -0.959. The Morgan fingerprint density at radius 3 is 3.08 bits per heavy atom. The number of carboxylic acids is 1. The van der Waals surface area contributed by atoms with Gasteiger partial charge in [0.05, 0.1) is 7.11 Å². The molecule has 0 amide bonds. The number of carboxylic acid groups (broad SMARTS) is 1. The van der Waals surface area contributed by atoms with E-state index in [0.29, 0.717) is 5.82 Å². The maximum atomic E-state index is 11.3. The van der Waals surface area contributed by atoms with Crippen molar-refractivity contribution in [3.05, 3.63) is 53.7 Å². The first kappa shape index (κ1) is 17.2. The summed E-state index contributed by atoms with van der Waals surface area (Å²) in [5.41, 5.74) is 1.43. The molecule has 0 unspecified atom stereocenters. The van der Waals surface area contributed by atoms with Crippen LogP contribution in [0.5, 0.6) is 5.75 Å². The van der Waals surface area contributed by atoms with Crippen LogP contribution in [-0.4, -0.2) is 47.2 Å². The highest BCUT2D eigenvalue weighted by molar-refractivity contribution is 5.93. The fraction of sp³-hybridized carbons (Fsp3) is 0.368. The maximum absolute atomic E-state index is 11.3. The van der Waals surface area contributed by atoms with Gasteiger partial charge in [-0.25, -0.2) is 9.78 Å². The van der Waals surface area contributed by atoms with E-state index in [9.17, 15) is 9.90 Å². The molecule has 2 heterocycles. The van der Waals surface area contributed by atoms with Gasteiger partial charge in [0.1, 0.15) is 17.1 Å². The van der Waals surface area contributed by atoms with Gasteiger partial charge < -0.3 is 15.2 Å². The predicted molar refractivity (Wildman–Crippen MR) is 96.1 cm³/mol. The molecule has 132 valence electrons. The van der Waals surface area contributed by atoms with E-state index in [1.54, 1.807) is 25.4 Å². The Morgan fingerprint density at radius 2 is 2.28 bits per heavy atom. The van der Waals surface area contributed by atoms with Crippen molar-refractivity contribution in [2.75, 3.05) is 25.5 Å². The summed E-state index contributed by atoms with van der Waals surface area (Å²) in [6.07, 6.45) is 3.69. The van der Waals surface area contributed by atoms with Crippen LogP contribution in [0.3, 0.4) is 0 Å². The number of piperidine rings is 1. The van der Waals surface area contributed by atoms with Gasteiger partial charge in [0.15, 0.2) is 0 Å². The number of anilines is 1. The molecule has 0 saturated carbocycles. The van der Waals surface area contributed by atoms with E-state index >= 15 is 0 Å². The van der Waals surface area contributed by atoms with Gasteiger partial charge >= 0.3 is 5.97 Å². The zero-order chi connectivity index (χ0) is 17.6. The Bertz CT molecular complexity index is 735. The average molecular weight is 341 g/mol. The summed E-state index contributed by atoms with van der Waals surface area (Å²) in [6, 6.07) is 11.5. The van der Waals surface area contributed by atoms with Crippen molar-refractivity contribution in [2.45, 2.75) is 25.4 Å². The first-order valence-electron chi connectivity index (χ1n) is 8.46. The van der Waals surface area contributed by atoms with Crippen LogP contribution in [0, 0.1) is 0 Å². The molecule has 1 aliphatic rings. The molecule has 1 atom stereocenters. The number of benzene rings is 1. The number of carbonyl (C=O) groups is 1. The molecule has 6 heteroatoms. The molecule has 0 radical (unpaired) electrons. The summed E-state index contributed by atoms with van der Waals surface area (Å²) in [6.45, 7) is 2.74. The zero-order valence-electron chi connectivity index (χ0n) is 14.3. The van der Waals surface area contributed by atoms with Gasteiger partial charge in [-0.3, -0.25) is 4.90 Å². The van der Waals surface area contributed by atoms with Gasteiger partial charge in [-0.2, -0.15) is 0 Å². The van der Waals surface area contributed by atoms with Crippen LogP contribution in [-0.2, 0) is 6.54 Å². The Hall–Kier alpha value is -2.60. The number of likely N-dealkylation sites (tertiary alicyclic amines) is 1. The minimum absolute atomic E-state index is 0.187. The summed E-state index contributed by atoms with van der Waals surface area (Å²) in [4.78, 5) is 17.9. The quantitative estimate of drug-likeness (QED) is 0.841. The Labute approximate surface area is 147 Å². The molecule has 0 aliphatic carbocycles. The second-order valence-electron chi connectivity index (χ2n) is 6.27. The topological polar surface area (TPSA) is 74.7 Å². The minimum Gasteiger partial charge on any atom is -0.497 e. The van der Waals surface area contributed by atoms with E-state index in [1.807, 2.05) is 12.1 Å². The van der Waals surface area contributed by atoms with Crippen LogP contribution in [0.2, 0.25) is 0 Å². The van der Waals surface area contributed by atoms with Crippen LogP contribution >= 0.6 is 0 Å². The van der Waals surface area contributed by atoms with Crippen molar-refractivity contribution < 1.29 is 14.6 Å². The fourth-order valence-corrected chi connectivity index (χ4v) is 3.23. The molecule has 1 aliphatic heterocycles. The predicted octanol–water partition coefficient (Wildman–Crippen LogP) is 2.86.